The molecule has 0 bridgehead atoms. The lowest BCUT2D eigenvalue weighted by Gasteiger charge is -2.12. The molecule has 2 aromatic rings. The van der Waals surface area contributed by atoms with Crippen LogP contribution in [-0.2, 0) is 4.79 Å². The Bertz CT molecular complexity index is 915. The first-order valence-electron chi connectivity index (χ1n) is 11.0. The summed E-state index contributed by atoms with van der Waals surface area (Å²) in [5.41, 5.74) is 7.66. The Morgan fingerprint density at radius 3 is 2.38 bits per heavy atom. The minimum Gasteiger partial charge on any atom is -0.385 e. The van der Waals surface area contributed by atoms with Gasteiger partial charge in [-0.05, 0) is 54.1 Å². The Balaban J connectivity index is 1.92. The summed E-state index contributed by atoms with van der Waals surface area (Å²) in [5.74, 6) is -0.665. The highest BCUT2D eigenvalue weighted by Gasteiger charge is 2.21. The first kappa shape index (κ1) is 25.4. The average molecular weight is 462 g/mol. The molecular formula is C22H33N6O3S+. The number of nitrogens with two attached hydrogens (primary N) is 1. The van der Waals surface area contributed by atoms with Crippen LogP contribution < -0.4 is 26.7 Å². The molecule has 0 aliphatic heterocycles. The van der Waals surface area contributed by atoms with E-state index in [0.29, 0.717) is 22.1 Å². The molecule has 0 saturated carbocycles. The van der Waals surface area contributed by atoms with E-state index in [0.717, 1.165) is 49.4 Å². The smallest absolute Gasteiger partial charge is 0.341 e. The van der Waals surface area contributed by atoms with Gasteiger partial charge in [0, 0.05) is 26.1 Å². The van der Waals surface area contributed by atoms with E-state index >= 15 is 0 Å². The number of carbonyl (C=O) groups is 2. The number of rotatable bonds is 14. The normalized spacial score (nSPS) is 10.6. The van der Waals surface area contributed by atoms with Crippen molar-refractivity contribution in [2.75, 3.05) is 29.0 Å². The molecule has 9 nitrogen and oxygen atoms in total. The number of hydrogen-bond donors (Lipinski definition) is 4. The van der Waals surface area contributed by atoms with Crippen LogP contribution in [0.3, 0.4) is 0 Å². The fraction of sp³-hybridized carbons (Fsp3) is 0.500. The molecule has 2 amide bonds. The third kappa shape index (κ3) is 8.35. The summed E-state index contributed by atoms with van der Waals surface area (Å²) in [6.07, 6.45) is 8.21. The largest absolute Gasteiger partial charge is 0.385 e. The van der Waals surface area contributed by atoms with Crippen molar-refractivity contribution in [3.63, 3.8) is 0 Å². The van der Waals surface area contributed by atoms with Crippen molar-refractivity contribution in [1.29, 1.82) is 0 Å². The molecule has 0 aliphatic carbocycles. The highest BCUT2D eigenvalue weighted by molar-refractivity contribution is 7.19. The third-order valence-corrected chi connectivity index (χ3v) is 5.90. The highest BCUT2D eigenvalue weighted by atomic mass is 32.1. The van der Waals surface area contributed by atoms with Gasteiger partial charge in [-0.15, -0.1) is 4.91 Å². The van der Waals surface area contributed by atoms with Gasteiger partial charge < -0.3 is 16.4 Å². The van der Waals surface area contributed by atoms with Crippen molar-refractivity contribution < 1.29 is 14.6 Å². The molecule has 0 radical (unpaired) electrons. The van der Waals surface area contributed by atoms with Crippen molar-refractivity contribution in [3.8, 4) is 0 Å². The number of aromatic amines is 1. The fourth-order valence-corrected chi connectivity index (χ4v) is 4.05. The molecule has 32 heavy (non-hydrogen) atoms. The maximum absolute atomic E-state index is 12.8. The maximum atomic E-state index is 12.8. The molecule has 1 aromatic heterocycles. The number of aryl methyl sites for hydroxylation is 1. The van der Waals surface area contributed by atoms with Crippen LogP contribution in [0.4, 0.5) is 21.5 Å². The number of anilines is 3. The maximum Gasteiger partial charge on any atom is 0.341 e. The predicted molar refractivity (Wildman–Crippen MR) is 130 cm³/mol. The van der Waals surface area contributed by atoms with Crippen LogP contribution in [0.1, 0.15) is 67.9 Å². The molecule has 0 unspecified atom stereocenters. The highest BCUT2D eigenvalue weighted by Crippen LogP contribution is 2.28. The number of benzene rings is 1. The summed E-state index contributed by atoms with van der Waals surface area (Å²) in [6.45, 7) is 4.69. The van der Waals surface area contributed by atoms with E-state index in [1.807, 2.05) is 6.07 Å². The van der Waals surface area contributed by atoms with Gasteiger partial charge in [-0.1, -0.05) is 32.1 Å². The van der Waals surface area contributed by atoms with Gasteiger partial charge >= 0.3 is 11.0 Å². The number of carbonyl (C=O) groups excluding carboxylic acids is 2. The topological polar surface area (TPSA) is 140 Å². The zero-order chi connectivity index (χ0) is 23.3. The lowest BCUT2D eigenvalue weighted by molar-refractivity contribution is -0.363. The molecule has 0 saturated heterocycles. The second-order valence-electron chi connectivity index (χ2n) is 7.66. The van der Waals surface area contributed by atoms with Crippen LogP contribution in [0.2, 0.25) is 0 Å². The Labute approximate surface area is 192 Å². The van der Waals surface area contributed by atoms with Gasteiger partial charge in [-0.25, -0.2) is 9.78 Å². The fourth-order valence-electron chi connectivity index (χ4n) is 3.27. The molecule has 0 spiro atoms. The Morgan fingerprint density at radius 1 is 1.06 bits per heavy atom. The summed E-state index contributed by atoms with van der Waals surface area (Å²) in [6, 6.07) is 5.24. The number of H-pyrrole nitrogens is 1. The van der Waals surface area contributed by atoms with Crippen LogP contribution in [0.5, 0.6) is 0 Å². The quantitative estimate of drug-likeness (QED) is 0.241. The number of hydrogen-bond acceptors (Lipinski definition) is 7. The molecular weight excluding hydrogens is 428 g/mol. The van der Waals surface area contributed by atoms with E-state index in [2.05, 4.69) is 26.1 Å². The van der Waals surface area contributed by atoms with Crippen LogP contribution in [0, 0.1) is 11.8 Å². The molecule has 0 aliphatic rings. The molecule has 10 heteroatoms. The van der Waals surface area contributed by atoms with Gasteiger partial charge in [0.2, 0.25) is 10.9 Å². The first-order chi connectivity index (χ1) is 15.4. The number of thiazole rings is 1. The van der Waals surface area contributed by atoms with Crippen LogP contribution in [-0.4, -0.2) is 24.9 Å². The number of nitroso groups, excluding NO2 is 1. The molecule has 6 N–H and O–H groups in total. The van der Waals surface area contributed by atoms with E-state index in [4.69, 9.17) is 5.73 Å². The number of nitrogens with one attached hydrogen (secondary N) is 4. The second kappa shape index (κ2) is 13.5. The van der Waals surface area contributed by atoms with Crippen molar-refractivity contribution >= 4 is 44.7 Å². The minimum atomic E-state index is -0.398. The first-order valence-corrected chi connectivity index (χ1v) is 11.8. The molecule has 2 rings (SSSR count). The summed E-state index contributed by atoms with van der Waals surface area (Å²) in [7, 11) is 0. The van der Waals surface area contributed by atoms with E-state index in [1.165, 1.54) is 32.6 Å². The summed E-state index contributed by atoms with van der Waals surface area (Å²) in [4.78, 5) is 38.1. The standard InChI is InChI=1S/C22H32N6O3S/c1-15-21(28-31)32-22(25-15)27-20(30)18-11-10-17(14-19(18)26-16(2)29)24-13-9-7-5-3-4-6-8-12-23/h10-11,14,24H,3-9,12-13,23H2,1-2H3,(H,26,29)(H,25,27,30)/p+1. The number of amides is 2. The van der Waals surface area contributed by atoms with E-state index < -0.39 is 5.91 Å². The van der Waals surface area contributed by atoms with E-state index in [-0.39, 0.29) is 10.9 Å². The zero-order valence-electron chi connectivity index (χ0n) is 18.8. The molecule has 1 aromatic carbocycles. The van der Waals surface area contributed by atoms with Crippen LogP contribution in [0.15, 0.2) is 23.4 Å². The van der Waals surface area contributed by atoms with Gasteiger partial charge in [0.25, 0.3) is 0 Å². The summed E-state index contributed by atoms with van der Waals surface area (Å²) < 4.78 is 0. The summed E-state index contributed by atoms with van der Waals surface area (Å²) in [5, 5.41) is 12.4. The minimum absolute atomic E-state index is 0.267. The lowest BCUT2D eigenvalue weighted by atomic mass is 10.1. The number of aromatic nitrogens is 1. The Morgan fingerprint density at radius 2 is 1.75 bits per heavy atom. The van der Waals surface area contributed by atoms with Gasteiger partial charge in [0.15, 0.2) is 0 Å². The lowest BCUT2D eigenvalue weighted by Crippen LogP contribution is -2.20. The summed E-state index contributed by atoms with van der Waals surface area (Å²) >= 11 is 1.06. The van der Waals surface area contributed by atoms with Crippen molar-refractivity contribution in [2.24, 2.45) is 10.9 Å². The molecule has 1 heterocycles. The molecule has 0 atom stereocenters. The SMILES string of the molecule is CC(=O)Nc1cc(NCCCCCCCCCN)ccc1C(=O)Nc1[nH+]c(C)c(N=O)s1. The van der Waals surface area contributed by atoms with E-state index in [9.17, 15) is 14.5 Å². The van der Waals surface area contributed by atoms with Crippen molar-refractivity contribution in [1.82, 2.24) is 0 Å². The van der Waals surface area contributed by atoms with Gasteiger partial charge in [-0.3, -0.25) is 4.79 Å². The van der Waals surface area contributed by atoms with Crippen molar-refractivity contribution in [3.05, 3.63) is 34.4 Å². The van der Waals surface area contributed by atoms with E-state index in [1.54, 1.807) is 19.1 Å². The monoisotopic (exact) mass is 461 g/mol. The van der Waals surface area contributed by atoms with Crippen LogP contribution >= 0.6 is 11.3 Å². The Hall–Kier alpha value is -2.85. The second-order valence-corrected chi connectivity index (χ2v) is 8.66. The Kier molecular flexibility index (Phi) is 10.8. The molecule has 0 fully saturated rings. The third-order valence-electron chi connectivity index (χ3n) is 4.92. The molecule has 174 valence electrons. The number of unbranched alkanes of at least 4 members (excludes halogenated alkanes) is 6. The van der Waals surface area contributed by atoms with Gasteiger partial charge in [0.05, 0.1) is 11.3 Å². The number of nitrogens with zero attached hydrogens (tertiary/aromatic N) is 1. The van der Waals surface area contributed by atoms with Crippen LogP contribution in [0.25, 0.3) is 0 Å². The van der Waals surface area contributed by atoms with Gasteiger partial charge in [0.1, 0.15) is 5.69 Å². The zero-order valence-corrected chi connectivity index (χ0v) is 19.6. The van der Waals surface area contributed by atoms with Gasteiger partial charge in [-0.2, -0.15) is 5.32 Å². The predicted octanol–water partition coefficient (Wildman–Crippen LogP) is 4.58. The van der Waals surface area contributed by atoms with Crippen molar-refractivity contribution in [2.45, 2.75) is 58.8 Å². The average Bonchev–Trinajstić information content (AvgIpc) is 3.11.